The molecule has 0 unspecified atom stereocenters. The molecule has 1 aromatic carbocycles. The first-order chi connectivity index (χ1) is 8.43. The van der Waals surface area contributed by atoms with E-state index in [4.69, 9.17) is 0 Å². The van der Waals surface area contributed by atoms with Gasteiger partial charge in [-0.1, -0.05) is 23.4 Å². The van der Waals surface area contributed by atoms with Gasteiger partial charge in [-0.2, -0.15) is 4.98 Å². The fraction of sp³-hybridized carbons (Fsp3) is 0.167. The molecule has 17 heavy (non-hydrogen) atoms. The van der Waals surface area contributed by atoms with E-state index in [-0.39, 0.29) is 0 Å². The molecule has 0 aliphatic carbocycles. The highest BCUT2D eigenvalue weighted by molar-refractivity contribution is 7.17. The third-order valence-electron chi connectivity index (χ3n) is 2.57. The molecule has 3 aromatic rings. The lowest BCUT2D eigenvalue weighted by molar-refractivity contribution is 0.407. The molecular weight excluding hydrogens is 234 g/mol. The standard InChI is InChI=1S/C12H11N3OS/c1-2-4-11-10(3-1)9(7-17-11)5-13-6-12-14-8-16-15-12/h1-4,7-8,13H,5-6H2. The lowest BCUT2D eigenvalue weighted by Crippen LogP contribution is -2.13. The Morgan fingerprint density at radius 1 is 1.24 bits per heavy atom. The number of nitrogens with one attached hydrogen (secondary N) is 1. The molecule has 3 rings (SSSR count). The zero-order chi connectivity index (χ0) is 11.5. The molecular formula is C12H11N3OS. The maximum Gasteiger partial charge on any atom is 0.213 e. The van der Waals surface area contributed by atoms with Crippen LogP contribution in [-0.4, -0.2) is 10.1 Å². The Bertz CT molecular complexity index is 603. The minimum absolute atomic E-state index is 0.626. The molecule has 0 fully saturated rings. The van der Waals surface area contributed by atoms with Gasteiger partial charge in [0.05, 0.1) is 6.54 Å². The summed E-state index contributed by atoms with van der Waals surface area (Å²) >= 11 is 1.77. The number of aromatic nitrogens is 2. The molecule has 0 aliphatic rings. The molecule has 5 heteroatoms. The summed E-state index contributed by atoms with van der Waals surface area (Å²) in [6.07, 6.45) is 1.34. The van der Waals surface area contributed by atoms with Gasteiger partial charge in [-0.3, -0.25) is 0 Å². The normalized spacial score (nSPS) is 11.1. The molecule has 0 spiro atoms. The number of nitrogens with zero attached hydrogens (tertiary/aromatic N) is 2. The van der Waals surface area contributed by atoms with Crippen molar-refractivity contribution in [1.82, 2.24) is 15.5 Å². The Kier molecular flexibility index (Phi) is 2.85. The molecule has 86 valence electrons. The second kappa shape index (κ2) is 4.65. The van der Waals surface area contributed by atoms with E-state index in [2.05, 4.69) is 49.6 Å². The van der Waals surface area contributed by atoms with Crippen molar-refractivity contribution in [2.45, 2.75) is 13.1 Å². The number of fused-ring (bicyclic) bond motifs is 1. The fourth-order valence-corrected chi connectivity index (χ4v) is 2.71. The zero-order valence-electron chi connectivity index (χ0n) is 9.09. The number of hydrogen-bond acceptors (Lipinski definition) is 5. The van der Waals surface area contributed by atoms with E-state index in [1.807, 2.05) is 0 Å². The van der Waals surface area contributed by atoms with Crippen molar-refractivity contribution in [1.29, 1.82) is 0 Å². The topological polar surface area (TPSA) is 51.0 Å². The second-order valence-electron chi connectivity index (χ2n) is 3.71. The van der Waals surface area contributed by atoms with E-state index in [0.717, 1.165) is 6.54 Å². The summed E-state index contributed by atoms with van der Waals surface area (Å²) in [4.78, 5) is 3.96. The van der Waals surface area contributed by atoms with Gasteiger partial charge in [-0.15, -0.1) is 11.3 Å². The third-order valence-corrected chi connectivity index (χ3v) is 3.58. The van der Waals surface area contributed by atoms with E-state index >= 15 is 0 Å². The van der Waals surface area contributed by atoms with Crippen molar-refractivity contribution in [3.63, 3.8) is 0 Å². The smallest absolute Gasteiger partial charge is 0.213 e. The highest BCUT2D eigenvalue weighted by Gasteiger charge is 2.03. The Balaban J connectivity index is 1.69. The maximum atomic E-state index is 4.67. The van der Waals surface area contributed by atoms with Crippen molar-refractivity contribution < 1.29 is 4.52 Å². The number of thiophene rings is 1. The molecule has 0 amide bonds. The van der Waals surface area contributed by atoms with Crippen LogP contribution in [-0.2, 0) is 13.1 Å². The van der Waals surface area contributed by atoms with Crippen LogP contribution >= 0.6 is 11.3 Å². The Morgan fingerprint density at radius 2 is 2.18 bits per heavy atom. The predicted octanol–water partition coefficient (Wildman–Crippen LogP) is 2.57. The molecule has 2 heterocycles. The highest BCUT2D eigenvalue weighted by atomic mass is 32.1. The number of hydrogen-bond donors (Lipinski definition) is 1. The van der Waals surface area contributed by atoms with Crippen LogP contribution in [0.5, 0.6) is 0 Å². The van der Waals surface area contributed by atoms with E-state index in [0.29, 0.717) is 12.4 Å². The van der Waals surface area contributed by atoms with Gasteiger partial charge < -0.3 is 9.84 Å². The van der Waals surface area contributed by atoms with Gasteiger partial charge in [0.15, 0.2) is 5.82 Å². The van der Waals surface area contributed by atoms with Crippen LogP contribution in [0, 0.1) is 0 Å². The first-order valence-corrected chi connectivity index (χ1v) is 6.22. The summed E-state index contributed by atoms with van der Waals surface area (Å²) in [6, 6.07) is 8.42. The van der Waals surface area contributed by atoms with Crippen molar-refractivity contribution in [3.05, 3.63) is 47.4 Å². The van der Waals surface area contributed by atoms with Gasteiger partial charge in [0.2, 0.25) is 6.39 Å². The fourth-order valence-electron chi connectivity index (χ4n) is 1.75. The minimum Gasteiger partial charge on any atom is -0.343 e. The van der Waals surface area contributed by atoms with E-state index in [1.54, 1.807) is 11.3 Å². The lowest BCUT2D eigenvalue weighted by atomic mass is 10.2. The largest absolute Gasteiger partial charge is 0.343 e. The van der Waals surface area contributed by atoms with Gasteiger partial charge in [-0.05, 0) is 22.4 Å². The summed E-state index contributed by atoms with van der Waals surface area (Å²) in [5, 5.41) is 10.6. The Hall–Kier alpha value is -1.72. The molecule has 4 nitrogen and oxygen atoms in total. The van der Waals surface area contributed by atoms with Gasteiger partial charge in [-0.25, -0.2) is 0 Å². The van der Waals surface area contributed by atoms with Gasteiger partial charge in [0.1, 0.15) is 0 Å². The number of rotatable bonds is 4. The summed E-state index contributed by atoms with van der Waals surface area (Å²) in [6.45, 7) is 1.44. The first-order valence-electron chi connectivity index (χ1n) is 5.34. The average Bonchev–Trinajstić information content (AvgIpc) is 2.99. The van der Waals surface area contributed by atoms with Crippen LogP contribution in [0.25, 0.3) is 10.1 Å². The second-order valence-corrected chi connectivity index (χ2v) is 4.62. The summed E-state index contributed by atoms with van der Waals surface area (Å²) in [7, 11) is 0. The summed E-state index contributed by atoms with van der Waals surface area (Å²) < 4.78 is 6.00. The quantitative estimate of drug-likeness (QED) is 0.767. The molecule has 0 radical (unpaired) electrons. The molecule has 1 N–H and O–H groups in total. The monoisotopic (exact) mass is 245 g/mol. The van der Waals surface area contributed by atoms with Gasteiger partial charge in [0.25, 0.3) is 0 Å². The van der Waals surface area contributed by atoms with Gasteiger partial charge in [0, 0.05) is 11.2 Å². The lowest BCUT2D eigenvalue weighted by Gasteiger charge is -2.00. The predicted molar refractivity (Wildman–Crippen MR) is 66.7 cm³/mol. The SMILES string of the molecule is c1ccc2c(CNCc3ncon3)csc2c1. The van der Waals surface area contributed by atoms with E-state index in [1.165, 1.54) is 22.0 Å². The number of benzene rings is 1. The highest BCUT2D eigenvalue weighted by Crippen LogP contribution is 2.25. The Morgan fingerprint density at radius 3 is 3.06 bits per heavy atom. The van der Waals surface area contributed by atoms with Crippen LogP contribution in [0.2, 0.25) is 0 Å². The zero-order valence-corrected chi connectivity index (χ0v) is 9.91. The first kappa shape index (κ1) is 10.4. The molecule has 2 aromatic heterocycles. The van der Waals surface area contributed by atoms with E-state index < -0.39 is 0 Å². The molecule has 0 atom stereocenters. The Labute approximate surface area is 102 Å². The average molecular weight is 245 g/mol. The maximum absolute atomic E-state index is 4.67. The van der Waals surface area contributed by atoms with Crippen molar-refractivity contribution in [2.75, 3.05) is 0 Å². The van der Waals surface area contributed by atoms with Crippen molar-refractivity contribution in [3.8, 4) is 0 Å². The molecule has 0 aliphatic heterocycles. The minimum atomic E-state index is 0.626. The van der Waals surface area contributed by atoms with Crippen LogP contribution in [0.15, 0.2) is 40.6 Å². The third kappa shape index (κ3) is 2.20. The van der Waals surface area contributed by atoms with Crippen LogP contribution in [0.4, 0.5) is 0 Å². The van der Waals surface area contributed by atoms with E-state index in [9.17, 15) is 0 Å². The van der Waals surface area contributed by atoms with Crippen LogP contribution in [0.3, 0.4) is 0 Å². The van der Waals surface area contributed by atoms with Crippen molar-refractivity contribution >= 4 is 21.4 Å². The molecule has 0 saturated heterocycles. The summed E-state index contributed by atoms with van der Waals surface area (Å²) in [5.41, 5.74) is 1.31. The van der Waals surface area contributed by atoms with Crippen LogP contribution < -0.4 is 5.32 Å². The van der Waals surface area contributed by atoms with Crippen molar-refractivity contribution in [2.24, 2.45) is 0 Å². The molecule has 0 saturated carbocycles. The van der Waals surface area contributed by atoms with Gasteiger partial charge >= 0.3 is 0 Å². The van der Waals surface area contributed by atoms with Crippen LogP contribution in [0.1, 0.15) is 11.4 Å². The summed E-state index contributed by atoms with van der Waals surface area (Å²) in [5.74, 6) is 0.685. The molecule has 0 bridgehead atoms.